The SMILES string of the molecule is CCCc1cc(C(=O)N(CC(=O)OC(C)(C)C)C(C)C)cc(C(C)CC)c1. The maximum Gasteiger partial charge on any atom is 0.326 e. The minimum absolute atomic E-state index is 0.0373. The number of hydrogen-bond donors (Lipinski definition) is 0. The van der Waals surface area contributed by atoms with Gasteiger partial charge in [-0.3, -0.25) is 9.59 Å². The Labute approximate surface area is 165 Å². The summed E-state index contributed by atoms with van der Waals surface area (Å²) >= 11 is 0. The summed E-state index contributed by atoms with van der Waals surface area (Å²) in [4.78, 5) is 27.1. The predicted molar refractivity (Wildman–Crippen MR) is 111 cm³/mol. The molecule has 4 heteroatoms. The lowest BCUT2D eigenvalue weighted by molar-refractivity contribution is -0.155. The summed E-state index contributed by atoms with van der Waals surface area (Å²) in [5, 5.41) is 0. The first-order chi connectivity index (χ1) is 12.5. The van der Waals surface area contributed by atoms with Crippen molar-refractivity contribution in [3.63, 3.8) is 0 Å². The highest BCUT2D eigenvalue weighted by molar-refractivity contribution is 5.96. The van der Waals surface area contributed by atoms with Crippen LogP contribution in [0.1, 0.15) is 95.6 Å². The molecule has 1 unspecified atom stereocenters. The zero-order chi connectivity index (χ0) is 20.8. The third kappa shape index (κ3) is 7.36. The third-order valence-corrected chi connectivity index (χ3v) is 4.59. The molecule has 0 saturated heterocycles. The maximum absolute atomic E-state index is 13.2. The molecule has 0 spiro atoms. The Morgan fingerprint density at radius 3 is 2.19 bits per heavy atom. The van der Waals surface area contributed by atoms with E-state index in [0.29, 0.717) is 11.5 Å². The number of nitrogens with zero attached hydrogens (tertiary/aromatic N) is 1. The molecule has 1 aromatic rings. The smallest absolute Gasteiger partial charge is 0.326 e. The van der Waals surface area contributed by atoms with E-state index in [0.717, 1.165) is 19.3 Å². The lowest BCUT2D eigenvalue weighted by Crippen LogP contribution is -2.42. The van der Waals surface area contributed by atoms with Gasteiger partial charge in [0, 0.05) is 11.6 Å². The van der Waals surface area contributed by atoms with Crippen molar-refractivity contribution in [2.75, 3.05) is 6.54 Å². The molecule has 27 heavy (non-hydrogen) atoms. The van der Waals surface area contributed by atoms with Crippen LogP contribution >= 0.6 is 0 Å². The number of ether oxygens (including phenoxy) is 1. The molecular weight excluding hydrogens is 338 g/mol. The van der Waals surface area contributed by atoms with Gasteiger partial charge in [-0.05, 0) is 76.6 Å². The van der Waals surface area contributed by atoms with Crippen LogP contribution in [0.5, 0.6) is 0 Å². The second kappa shape index (κ2) is 9.91. The molecule has 1 rings (SSSR count). The fraction of sp³-hybridized carbons (Fsp3) is 0.652. The van der Waals surface area contributed by atoms with Gasteiger partial charge in [0.1, 0.15) is 12.1 Å². The third-order valence-electron chi connectivity index (χ3n) is 4.59. The van der Waals surface area contributed by atoms with E-state index in [-0.39, 0.29) is 24.5 Å². The summed E-state index contributed by atoms with van der Waals surface area (Å²) in [6.45, 7) is 15.8. The molecule has 1 amide bonds. The van der Waals surface area contributed by atoms with Crippen molar-refractivity contribution >= 4 is 11.9 Å². The monoisotopic (exact) mass is 375 g/mol. The van der Waals surface area contributed by atoms with Gasteiger partial charge in [0.05, 0.1) is 0 Å². The predicted octanol–water partition coefficient (Wildman–Crippen LogP) is 5.34. The number of rotatable bonds is 8. The van der Waals surface area contributed by atoms with Crippen molar-refractivity contribution in [1.82, 2.24) is 4.90 Å². The van der Waals surface area contributed by atoms with Gasteiger partial charge in [-0.1, -0.05) is 33.3 Å². The van der Waals surface area contributed by atoms with Crippen molar-refractivity contribution in [1.29, 1.82) is 0 Å². The first-order valence-corrected chi connectivity index (χ1v) is 10.1. The topological polar surface area (TPSA) is 46.6 Å². The average molecular weight is 376 g/mol. The Morgan fingerprint density at radius 2 is 1.70 bits per heavy atom. The van der Waals surface area contributed by atoms with Gasteiger partial charge < -0.3 is 9.64 Å². The van der Waals surface area contributed by atoms with Crippen LogP contribution in [-0.4, -0.2) is 35.0 Å². The first kappa shape index (κ1) is 23.2. The molecule has 0 radical (unpaired) electrons. The molecule has 1 atom stereocenters. The molecule has 152 valence electrons. The Hall–Kier alpha value is -1.84. The zero-order valence-electron chi connectivity index (χ0n) is 18.4. The summed E-state index contributed by atoms with van der Waals surface area (Å²) in [6.07, 6.45) is 3.00. The largest absolute Gasteiger partial charge is 0.459 e. The van der Waals surface area contributed by atoms with E-state index in [1.807, 2.05) is 46.8 Å². The van der Waals surface area contributed by atoms with Gasteiger partial charge >= 0.3 is 5.97 Å². The van der Waals surface area contributed by atoms with E-state index < -0.39 is 5.60 Å². The zero-order valence-corrected chi connectivity index (χ0v) is 18.4. The molecule has 1 aromatic carbocycles. The van der Waals surface area contributed by atoms with Crippen molar-refractivity contribution in [2.45, 2.75) is 92.2 Å². The van der Waals surface area contributed by atoms with E-state index in [4.69, 9.17) is 4.74 Å². The van der Waals surface area contributed by atoms with Crippen molar-refractivity contribution < 1.29 is 14.3 Å². The summed E-state index contributed by atoms with van der Waals surface area (Å²) < 4.78 is 5.41. The van der Waals surface area contributed by atoms with E-state index >= 15 is 0 Å². The second-order valence-electron chi connectivity index (χ2n) is 8.64. The minimum Gasteiger partial charge on any atom is -0.459 e. The van der Waals surface area contributed by atoms with Crippen LogP contribution in [0.25, 0.3) is 0 Å². The number of aryl methyl sites for hydroxylation is 1. The average Bonchev–Trinajstić information content (AvgIpc) is 2.56. The quantitative estimate of drug-likeness (QED) is 0.576. The van der Waals surface area contributed by atoms with Crippen LogP contribution in [0.15, 0.2) is 18.2 Å². The number of esters is 1. The Kier molecular flexibility index (Phi) is 8.52. The summed E-state index contributed by atoms with van der Waals surface area (Å²) in [6, 6.07) is 6.08. The Bertz CT molecular complexity index is 644. The number of hydrogen-bond acceptors (Lipinski definition) is 3. The standard InChI is InChI=1S/C23H37NO3/c1-9-11-18-12-19(17(5)10-2)14-20(13-18)22(26)24(16(3)4)15-21(25)27-23(6,7)8/h12-14,16-17H,9-11,15H2,1-8H3. The highest BCUT2D eigenvalue weighted by Gasteiger charge is 2.25. The number of carbonyl (C=O) groups excluding carboxylic acids is 2. The van der Waals surface area contributed by atoms with Crippen LogP contribution in [0, 0.1) is 0 Å². The molecule has 0 aliphatic rings. The molecule has 0 bridgehead atoms. The lowest BCUT2D eigenvalue weighted by Gasteiger charge is -2.28. The fourth-order valence-corrected chi connectivity index (χ4v) is 2.96. The Balaban J connectivity index is 3.17. The number of carbonyl (C=O) groups is 2. The molecule has 0 heterocycles. The van der Waals surface area contributed by atoms with Gasteiger partial charge in [-0.25, -0.2) is 0 Å². The summed E-state index contributed by atoms with van der Waals surface area (Å²) in [5.41, 5.74) is 2.47. The fourth-order valence-electron chi connectivity index (χ4n) is 2.96. The van der Waals surface area contributed by atoms with E-state index in [9.17, 15) is 9.59 Å². The van der Waals surface area contributed by atoms with Crippen molar-refractivity contribution in [2.24, 2.45) is 0 Å². The van der Waals surface area contributed by atoms with Gasteiger partial charge in [-0.15, -0.1) is 0 Å². The number of amides is 1. The normalized spacial score (nSPS) is 12.8. The molecule has 0 saturated carbocycles. The van der Waals surface area contributed by atoms with Gasteiger partial charge in [-0.2, -0.15) is 0 Å². The molecular formula is C23H37NO3. The van der Waals surface area contributed by atoms with Crippen LogP contribution in [-0.2, 0) is 16.0 Å². The van der Waals surface area contributed by atoms with E-state index in [2.05, 4.69) is 26.8 Å². The summed E-state index contributed by atoms with van der Waals surface area (Å²) in [5.74, 6) is -0.0958. The highest BCUT2D eigenvalue weighted by atomic mass is 16.6. The van der Waals surface area contributed by atoms with E-state index in [1.54, 1.807) is 4.90 Å². The first-order valence-electron chi connectivity index (χ1n) is 10.1. The molecule has 0 aliphatic carbocycles. The van der Waals surface area contributed by atoms with E-state index in [1.165, 1.54) is 11.1 Å². The molecule has 0 aromatic heterocycles. The van der Waals surface area contributed by atoms with Crippen LogP contribution in [0.4, 0.5) is 0 Å². The molecule has 0 aliphatic heterocycles. The van der Waals surface area contributed by atoms with Gasteiger partial charge in [0.25, 0.3) is 5.91 Å². The van der Waals surface area contributed by atoms with Crippen LogP contribution in [0.2, 0.25) is 0 Å². The summed E-state index contributed by atoms with van der Waals surface area (Å²) in [7, 11) is 0. The second-order valence-corrected chi connectivity index (χ2v) is 8.64. The lowest BCUT2D eigenvalue weighted by atomic mass is 9.93. The highest BCUT2D eigenvalue weighted by Crippen LogP contribution is 2.24. The van der Waals surface area contributed by atoms with Crippen LogP contribution < -0.4 is 0 Å². The van der Waals surface area contributed by atoms with Gasteiger partial charge in [0.15, 0.2) is 0 Å². The maximum atomic E-state index is 13.2. The van der Waals surface area contributed by atoms with Gasteiger partial charge in [0.2, 0.25) is 0 Å². The minimum atomic E-state index is -0.562. The van der Waals surface area contributed by atoms with Crippen molar-refractivity contribution in [3.8, 4) is 0 Å². The van der Waals surface area contributed by atoms with Crippen LogP contribution in [0.3, 0.4) is 0 Å². The molecule has 4 nitrogen and oxygen atoms in total. The number of benzene rings is 1. The Morgan fingerprint density at radius 1 is 1.07 bits per heavy atom. The molecule has 0 N–H and O–H groups in total. The molecule has 0 fully saturated rings. The van der Waals surface area contributed by atoms with Crippen molar-refractivity contribution in [3.05, 3.63) is 34.9 Å².